The summed E-state index contributed by atoms with van der Waals surface area (Å²) in [5.41, 5.74) is 2.59. The number of hydrogen-bond donors (Lipinski definition) is 1. The van der Waals surface area contributed by atoms with Crippen molar-refractivity contribution < 1.29 is 24.1 Å². The van der Waals surface area contributed by atoms with Gasteiger partial charge in [0.05, 0.1) is 26.9 Å². The number of benzene rings is 2. The number of carbonyl (C=O) groups is 1. The zero-order valence-electron chi connectivity index (χ0n) is 16.6. The highest BCUT2D eigenvalue weighted by molar-refractivity contribution is 5.87. The maximum Gasteiger partial charge on any atom is 0.335 e. The molecule has 150 valence electrons. The van der Waals surface area contributed by atoms with E-state index in [1.165, 1.54) is 5.56 Å². The van der Waals surface area contributed by atoms with E-state index in [1.54, 1.807) is 33.5 Å². The Morgan fingerprint density at radius 2 is 1.68 bits per heavy atom. The topological polar surface area (TPSA) is 68.2 Å². The van der Waals surface area contributed by atoms with Crippen molar-refractivity contribution in [2.24, 2.45) is 5.92 Å². The number of aromatic carboxylic acids is 1. The van der Waals surface area contributed by atoms with Gasteiger partial charge in [-0.05, 0) is 49.1 Å². The number of nitrogens with zero attached hydrogens (tertiary/aromatic N) is 1. The molecule has 1 fully saturated rings. The van der Waals surface area contributed by atoms with E-state index in [0.717, 1.165) is 43.8 Å². The van der Waals surface area contributed by atoms with Crippen LogP contribution in [-0.2, 0) is 13.0 Å². The standard InChI is InChI=1S/C22H27NO5/c1-26-19-12-21(28-3)20(27-2)11-18(19)14-23-9-8-16(13-23)10-15-4-6-17(7-5-15)22(24)25/h4-7,11-12,16H,8-10,13-14H2,1-3H3,(H,24,25). The molecule has 1 aliphatic heterocycles. The summed E-state index contributed by atoms with van der Waals surface area (Å²) in [6.45, 7) is 2.81. The molecule has 1 N–H and O–H groups in total. The van der Waals surface area contributed by atoms with Crippen LogP contribution in [0, 0.1) is 5.92 Å². The van der Waals surface area contributed by atoms with Crippen LogP contribution < -0.4 is 14.2 Å². The molecule has 1 heterocycles. The summed E-state index contributed by atoms with van der Waals surface area (Å²) in [4.78, 5) is 13.4. The predicted octanol–water partition coefficient (Wildman–Crippen LogP) is 3.48. The van der Waals surface area contributed by atoms with Crippen LogP contribution in [0.1, 0.15) is 27.9 Å². The number of methoxy groups -OCH3 is 3. The average molecular weight is 385 g/mol. The van der Waals surface area contributed by atoms with Gasteiger partial charge in [-0.2, -0.15) is 0 Å². The Morgan fingerprint density at radius 1 is 1.04 bits per heavy atom. The Kier molecular flexibility index (Phi) is 6.41. The Balaban J connectivity index is 1.63. The van der Waals surface area contributed by atoms with Crippen LogP contribution in [0.4, 0.5) is 0 Å². The lowest BCUT2D eigenvalue weighted by molar-refractivity contribution is 0.0697. The van der Waals surface area contributed by atoms with Crippen molar-refractivity contribution in [2.75, 3.05) is 34.4 Å². The molecular formula is C22H27NO5. The third-order valence-corrected chi connectivity index (χ3v) is 5.28. The highest BCUT2D eigenvalue weighted by Crippen LogP contribution is 2.36. The Hall–Kier alpha value is -2.73. The highest BCUT2D eigenvalue weighted by Gasteiger charge is 2.24. The van der Waals surface area contributed by atoms with E-state index >= 15 is 0 Å². The van der Waals surface area contributed by atoms with Crippen molar-refractivity contribution in [3.8, 4) is 17.2 Å². The first kappa shape index (κ1) is 20.0. The minimum Gasteiger partial charge on any atom is -0.496 e. The molecular weight excluding hydrogens is 358 g/mol. The van der Waals surface area contributed by atoms with E-state index in [0.29, 0.717) is 23.0 Å². The molecule has 6 nitrogen and oxygen atoms in total. The van der Waals surface area contributed by atoms with Gasteiger partial charge in [0.2, 0.25) is 0 Å². The molecule has 1 atom stereocenters. The molecule has 0 spiro atoms. The van der Waals surface area contributed by atoms with Crippen molar-refractivity contribution in [3.05, 3.63) is 53.1 Å². The number of carboxylic acid groups (broad SMARTS) is 1. The highest BCUT2D eigenvalue weighted by atomic mass is 16.5. The van der Waals surface area contributed by atoms with Gasteiger partial charge in [-0.15, -0.1) is 0 Å². The van der Waals surface area contributed by atoms with Crippen LogP contribution in [0.2, 0.25) is 0 Å². The second-order valence-electron chi connectivity index (χ2n) is 7.12. The monoisotopic (exact) mass is 385 g/mol. The van der Waals surface area contributed by atoms with Gasteiger partial charge in [-0.1, -0.05) is 12.1 Å². The molecule has 0 saturated carbocycles. The van der Waals surface area contributed by atoms with Gasteiger partial charge in [0.25, 0.3) is 0 Å². The maximum atomic E-state index is 11.0. The van der Waals surface area contributed by atoms with Crippen LogP contribution in [0.15, 0.2) is 36.4 Å². The molecule has 2 aromatic carbocycles. The van der Waals surface area contributed by atoms with E-state index in [1.807, 2.05) is 24.3 Å². The number of rotatable bonds is 8. The molecule has 1 aliphatic rings. The van der Waals surface area contributed by atoms with Crippen LogP contribution in [0.25, 0.3) is 0 Å². The molecule has 3 rings (SSSR count). The van der Waals surface area contributed by atoms with Gasteiger partial charge in [-0.25, -0.2) is 4.79 Å². The average Bonchev–Trinajstić information content (AvgIpc) is 3.14. The van der Waals surface area contributed by atoms with E-state index in [4.69, 9.17) is 19.3 Å². The van der Waals surface area contributed by atoms with Crippen molar-refractivity contribution in [3.63, 3.8) is 0 Å². The minimum absolute atomic E-state index is 0.331. The number of likely N-dealkylation sites (tertiary alicyclic amines) is 1. The zero-order chi connectivity index (χ0) is 20.1. The molecule has 1 saturated heterocycles. The number of carboxylic acids is 1. The van der Waals surface area contributed by atoms with Crippen molar-refractivity contribution in [1.82, 2.24) is 4.90 Å². The summed E-state index contributed by atoms with van der Waals surface area (Å²) in [7, 11) is 4.92. The summed E-state index contributed by atoms with van der Waals surface area (Å²) in [6.07, 6.45) is 2.08. The second kappa shape index (κ2) is 8.97. The number of ether oxygens (including phenoxy) is 3. The largest absolute Gasteiger partial charge is 0.496 e. The van der Waals surface area contributed by atoms with Crippen LogP contribution >= 0.6 is 0 Å². The van der Waals surface area contributed by atoms with Gasteiger partial charge in [0, 0.05) is 24.7 Å². The lowest BCUT2D eigenvalue weighted by Crippen LogP contribution is -2.21. The Morgan fingerprint density at radius 3 is 2.29 bits per heavy atom. The fourth-order valence-electron chi connectivity index (χ4n) is 3.80. The lowest BCUT2D eigenvalue weighted by atomic mass is 9.98. The lowest BCUT2D eigenvalue weighted by Gasteiger charge is -2.20. The van der Waals surface area contributed by atoms with Crippen LogP contribution in [-0.4, -0.2) is 50.4 Å². The molecule has 1 unspecified atom stereocenters. The molecule has 0 bridgehead atoms. The summed E-state index contributed by atoms with van der Waals surface area (Å²) >= 11 is 0. The fraction of sp³-hybridized carbons (Fsp3) is 0.409. The van der Waals surface area contributed by atoms with Gasteiger partial charge in [-0.3, -0.25) is 4.90 Å². The first-order valence-corrected chi connectivity index (χ1v) is 9.37. The first-order chi connectivity index (χ1) is 13.5. The van der Waals surface area contributed by atoms with Crippen LogP contribution in [0.5, 0.6) is 17.2 Å². The molecule has 28 heavy (non-hydrogen) atoms. The van der Waals surface area contributed by atoms with Gasteiger partial charge in [0.15, 0.2) is 11.5 Å². The van der Waals surface area contributed by atoms with Gasteiger partial charge in [0.1, 0.15) is 5.75 Å². The SMILES string of the molecule is COc1cc(OC)c(OC)cc1CN1CCC(Cc2ccc(C(=O)O)cc2)C1. The summed E-state index contributed by atoms with van der Waals surface area (Å²) < 4.78 is 16.3. The summed E-state index contributed by atoms with van der Waals surface area (Å²) in [5.74, 6) is 1.83. The third kappa shape index (κ3) is 4.57. The minimum atomic E-state index is -0.887. The zero-order valence-corrected chi connectivity index (χ0v) is 16.6. The smallest absolute Gasteiger partial charge is 0.335 e. The first-order valence-electron chi connectivity index (χ1n) is 9.37. The van der Waals surface area contributed by atoms with Crippen LogP contribution in [0.3, 0.4) is 0 Å². The van der Waals surface area contributed by atoms with E-state index < -0.39 is 5.97 Å². The fourth-order valence-corrected chi connectivity index (χ4v) is 3.80. The molecule has 0 radical (unpaired) electrons. The normalized spacial score (nSPS) is 16.8. The third-order valence-electron chi connectivity index (χ3n) is 5.28. The predicted molar refractivity (Wildman–Crippen MR) is 107 cm³/mol. The van der Waals surface area contributed by atoms with Gasteiger partial charge >= 0.3 is 5.97 Å². The Labute approximate surface area is 165 Å². The summed E-state index contributed by atoms with van der Waals surface area (Å²) in [6, 6.07) is 11.0. The van der Waals surface area contributed by atoms with Crippen molar-refractivity contribution in [2.45, 2.75) is 19.4 Å². The molecule has 0 amide bonds. The maximum absolute atomic E-state index is 11.0. The van der Waals surface area contributed by atoms with Crippen molar-refractivity contribution >= 4 is 5.97 Å². The molecule has 2 aromatic rings. The quantitative estimate of drug-likeness (QED) is 0.750. The number of hydrogen-bond acceptors (Lipinski definition) is 5. The van der Waals surface area contributed by atoms with E-state index in [2.05, 4.69) is 4.90 Å². The molecule has 6 heteroatoms. The second-order valence-corrected chi connectivity index (χ2v) is 7.12. The van der Waals surface area contributed by atoms with E-state index in [9.17, 15) is 4.79 Å². The molecule has 0 aromatic heterocycles. The van der Waals surface area contributed by atoms with Crippen molar-refractivity contribution in [1.29, 1.82) is 0 Å². The van der Waals surface area contributed by atoms with E-state index in [-0.39, 0.29) is 0 Å². The Bertz CT molecular complexity index is 818. The molecule has 0 aliphatic carbocycles. The summed E-state index contributed by atoms with van der Waals surface area (Å²) in [5, 5.41) is 9.01. The van der Waals surface area contributed by atoms with Gasteiger partial charge < -0.3 is 19.3 Å².